The smallest absolute Gasteiger partial charge is 0.323 e. The molecule has 1 aromatic rings. The lowest BCUT2D eigenvalue weighted by Crippen LogP contribution is -2.45. The number of carboxylic acids is 1. The number of urea groups is 1. The molecule has 20 heavy (non-hydrogen) atoms. The second kappa shape index (κ2) is 7.46. The minimum absolute atomic E-state index is 0.207. The molecule has 0 unspecified atom stereocenters. The Bertz CT molecular complexity index is 458. The third-order valence-electron chi connectivity index (χ3n) is 2.63. The Hall–Kier alpha value is -2.12. The molecule has 0 saturated carbocycles. The molecule has 0 fully saturated rings. The number of carboxylic acid groups (broad SMARTS) is 1. The summed E-state index contributed by atoms with van der Waals surface area (Å²) in [6, 6.07) is -0.372. The van der Waals surface area contributed by atoms with E-state index in [9.17, 15) is 9.59 Å². The van der Waals surface area contributed by atoms with E-state index >= 15 is 0 Å². The highest BCUT2D eigenvalue weighted by atomic mass is 16.4. The predicted octanol–water partition coefficient (Wildman–Crippen LogP) is 0.110. The highest BCUT2D eigenvalue weighted by Gasteiger charge is 2.17. The quantitative estimate of drug-likeness (QED) is 0.739. The van der Waals surface area contributed by atoms with Gasteiger partial charge in [-0.15, -0.1) is 10.2 Å². The topological polar surface area (TPSA) is 100 Å². The van der Waals surface area contributed by atoms with Gasteiger partial charge in [-0.2, -0.15) is 0 Å². The van der Waals surface area contributed by atoms with Crippen LogP contribution in [0.2, 0.25) is 0 Å². The van der Waals surface area contributed by atoms with Crippen LogP contribution in [0.5, 0.6) is 0 Å². The Morgan fingerprint density at radius 2 is 2.20 bits per heavy atom. The molecule has 0 radical (unpaired) electrons. The summed E-state index contributed by atoms with van der Waals surface area (Å²) in [7, 11) is 1.83. The zero-order valence-electron chi connectivity index (χ0n) is 12.0. The van der Waals surface area contributed by atoms with Crippen LogP contribution < -0.4 is 5.32 Å². The van der Waals surface area contributed by atoms with Crippen LogP contribution in [-0.2, 0) is 18.3 Å². The maximum absolute atomic E-state index is 11.9. The number of nitrogens with one attached hydrogen (secondary N) is 1. The van der Waals surface area contributed by atoms with Crippen molar-refractivity contribution in [1.29, 1.82) is 0 Å². The molecule has 1 aromatic heterocycles. The second-order valence-corrected chi connectivity index (χ2v) is 5.01. The predicted molar refractivity (Wildman–Crippen MR) is 72.2 cm³/mol. The summed E-state index contributed by atoms with van der Waals surface area (Å²) in [5.41, 5.74) is 0. The normalized spacial score (nSPS) is 10.6. The molecule has 1 heterocycles. The van der Waals surface area contributed by atoms with E-state index in [0.29, 0.717) is 19.5 Å². The van der Waals surface area contributed by atoms with Crippen LogP contribution >= 0.6 is 0 Å². The standard InChI is InChI=1S/C12H21N5O3/c1-9(2)6-17(7-11(18)19)12(20)13-5-4-10-15-14-8-16(10)3/h8-9H,4-7H2,1-3H3,(H,13,20)(H,18,19). The van der Waals surface area contributed by atoms with Gasteiger partial charge in [-0.1, -0.05) is 13.8 Å². The highest BCUT2D eigenvalue weighted by molar-refractivity contribution is 5.80. The average Bonchev–Trinajstić information content (AvgIpc) is 2.73. The van der Waals surface area contributed by atoms with Gasteiger partial charge in [-0.25, -0.2) is 4.79 Å². The lowest BCUT2D eigenvalue weighted by molar-refractivity contribution is -0.137. The summed E-state index contributed by atoms with van der Waals surface area (Å²) in [5, 5.41) is 19.2. The molecular weight excluding hydrogens is 262 g/mol. The van der Waals surface area contributed by atoms with Gasteiger partial charge in [0.05, 0.1) is 0 Å². The lowest BCUT2D eigenvalue weighted by Gasteiger charge is -2.23. The first-order valence-corrected chi connectivity index (χ1v) is 6.47. The molecule has 0 spiro atoms. The van der Waals surface area contributed by atoms with E-state index in [4.69, 9.17) is 5.11 Å². The van der Waals surface area contributed by atoms with Gasteiger partial charge < -0.3 is 19.9 Å². The number of carbonyl (C=O) groups is 2. The summed E-state index contributed by atoms with van der Waals surface area (Å²) in [6.45, 7) is 4.36. The monoisotopic (exact) mass is 283 g/mol. The summed E-state index contributed by atoms with van der Waals surface area (Å²) in [5.74, 6) is -0.0492. The number of hydrogen-bond acceptors (Lipinski definition) is 4. The van der Waals surface area contributed by atoms with E-state index in [1.165, 1.54) is 4.90 Å². The van der Waals surface area contributed by atoms with E-state index in [2.05, 4.69) is 15.5 Å². The third kappa shape index (κ3) is 5.25. The molecule has 0 aliphatic heterocycles. The molecular formula is C12H21N5O3. The van der Waals surface area contributed by atoms with Gasteiger partial charge in [0.1, 0.15) is 18.7 Å². The summed E-state index contributed by atoms with van der Waals surface area (Å²) >= 11 is 0. The molecule has 0 aromatic carbocycles. The first-order chi connectivity index (χ1) is 9.40. The molecule has 0 bridgehead atoms. The van der Waals surface area contributed by atoms with E-state index < -0.39 is 5.97 Å². The lowest BCUT2D eigenvalue weighted by atomic mass is 10.2. The Labute approximate surface area is 117 Å². The van der Waals surface area contributed by atoms with E-state index in [-0.39, 0.29) is 18.5 Å². The van der Waals surface area contributed by atoms with Crippen LogP contribution in [-0.4, -0.2) is 56.4 Å². The number of aromatic nitrogens is 3. The van der Waals surface area contributed by atoms with Gasteiger partial charge in [-0.05, 0) is 5.92 Å². The highest BCUT2D eigenvalue weighted by Crippen LogP contribution is 1.99. The fourth-order valence-corrected chi connectivity index (χ4v) is 1.75. The zero-order chi connectivity index (χ0) is 15.1. The van der Waals surface area contributed by atoms with E-state index in [1.807, 2.05) is 20.9 Å². The molecule has 0 atom stereocenters. The Morgan fingerprint density at radius 1 is 1.50 bits per heavy atom. The number of aliphatic carboxylic acids is 1. The van der Waals surface area contributed by atoms with Crippen LogP contribution in [0.15, 0.2) is 6.33 Å². The Kier molecular flexibility index (Phi) is 5.95. The number of carbonyl (C=O) groups excluding carboxylic acids is 1. The number of hydrogen-bond donors (Lipinski definition) is 2. The van der Waals surface area contributed by atoms with Gasteiger partial charge in [0.25, 0.3) is 0 Å². The van der Waals surface area contributed by atoms with Crippen LogP contribution in [0.4, 0.5) is 4.79 Å². The van der Waals surface area contributed by atoms with Crippen molar-refractivity contribution in [3.8, 4) is 0 Å². The maximum Gasteiger partial charge on any atom is 0.323 e. The van der Waals surface area contributed by atoms with E-state index in [1.54, 1.807) is 10.9 Å². The SMILES string of the molecule is CC(C)CN(CC(=O)O)C(=O)NCCc1nncn1C. The minimum atomic E-state index is -1.02. The number of amides is 2. The molecule has 2 amide bonds. The van der Waals surface area contributed by atoms with E-state index in [0.717, 1.165) is 5.82 Å². The van der Waals surface area contributed by atoms with Crippen molar-refractivity contribution in [2.45, 2.75) is 20.3 Å². The molecule has 1 rings (SSSR count). The van der Waals surface area contributed by atoms with Crippen LogP contribution in [0.25, 0.3) is 0 Å². The Morgan fingerprint density at radius 3 is 2.70 bits per heavy atom. The number of aryl methyl sites for hydroxylation is 1. The summed E-state index contributed by atoms with van der Waals surface area (Å²) in [6.07, 6.45) is 2.14. The molecule has 2 N–H and O–H groups in total. The fourth-order valence-electron chi connectivity index (χ4n) is 1.75. The largest absolute Gasteiger partial charge is 0.480 e. The second-order valence-electron chi connectivity index (χ2n) is 5.01. The minimum Gasteiger partial charge on any atom is -0.480 e. The van der Waals surface area contributed by atoms with Gasteiger partial charge in [0, 0.05) is 26.6 Å². The molecule has 112 valence electrons. The molecule has 0 aliphatic rings. The first kappa shape index (κ1) is 15.9. The fraction of sp³-hybridized carbons (Fsp3) is 0.667. The number of nitrogens with zero attached hydrogens (tertiary/aromatic N) is 4. The van der Waals surface area contributed by atoms with Crippen LogP contribution in [0.3, 0.4) is 0 Å². The van der Waals surface area contributed by atoms with Crippen molar-refractivity contribution in [1.82, 2.24) is 25.0 Å². The molecule has 0 aliphatic carbocycles. The Balaban J connectivity index is 2.45. The first-order valence-electron chi connectivity index (χ1n) is 6.47. The third-order valence-corrected chi connectivity index (χ3v) is 2.63. The molecule has 8 nitrogen and oxygen atoms in total. The van der Waals surface area contributed by atoms with Crippen molar-refractivity contribution in [2.24, 2.45) is 13.0 Å². The van der Waals surface area contributed by atoms with Crippen molar-refractivity contribution in [2.75, 3.05) is 19.6 Å². The van der Waals surface area contributed by atoms with Crippen molar-refractivity contribution >= 4 is 12.0 Å². The molecule has 8 heteroatoms. The van der Waals surface area contributed by atoms with Crippen molar-refractivity contribution in [3.63, 3.8) is 0 Å². The average molecular weight is 283 g/mol. The van der Waals surface area contributed by atoms with Gasteiger partial charge in [-0.3, -0.25) is 4.79 Å². The molecule has 0 saturated heterocycles. The zero-order valence-corrected chi connectivity index (χ0v) is 12.0. The summed E-state index contributed by atoms with van der Waals surface area (Å²) < 4.78 is 1.77. The number of rotatable bonds is 7. The maximum atomic E-state index is 11.9. The van der Waals surface area contributed by atoms with Crippen LogP contribution in [0, 0.1) is 5.92 Å². The van der Waals surface area contributed by atoms with Crippen molar-refractivity contribution in [3.05, 3.63) is 12.2 Å². The van der Waals surface area contributed by atoms with Gasteiger partial charge in [0.2, 0.25) is 0 Å². The van der Waals surface area contributed by atoms with Crippen molar-refractivity contribution < 1.29 is 14.7 Å². The van der Waals surface area contributed by atoms with Gasteiger partial charge in [0.15, 0.2) is 0 Å². The van der Waals surface area contributed by atoms with Gasteiger partial charge >= 0.3 is 12.0 Å². The summed E-state index contributed by atoms with van der Waals surface area (Å²) in [4.78, 5) is 24.0. The van der Waals surface area contributed by atoms with Crippen LogP contribution in [0.1, 0.15) is 19.7 Å².